The molecule has 25 heavy (non-hydrogen) atoms. The predicted molar refractivity (Wildman–Crippen MR) is 91.3 cm³/mol. The Morgan fingerprint density at radius 3 is 2.72 bits per heavy atom. The van der Waals surface area contributed by atoms with Crippen molar-refractivity contribution in [2.45, 2.75) is 37.2 Å². The van der Waals surface area contributed by atoms with Gasteiger partial charge in [-0.2, -0.15) is 0 Å². The van der Waals surface area contributed by atoms with E-state index in [1.807, 2.05) is 0 Å². The van der Waals surface area contributed by atoms with Crippen LogP contribution in [0.3, 0.4) is 0 Å². The molecule has 1 aliphatic carbocycles. The van der Waals surface area contributed by atoms with Crippen LogP contribution in [-0.4, -0.2) is 47.1 Å². The van der Waals surface area contributed by atoms with Gasteiger partial charge in [0, 0.05) is 25.7 Å². The fourth-order valence-electron chi connectivity index (χ4n) is 2.43. The number of benzene rings is 1. The molecule has 2 aromatic rings. The van der Waals surface area contributed by atoms with Gasteiger partial charge in [0.2, 0.25) is 10.0 Å². The Bertz CT molecular complexity index is 902. The van der Waals surface area contributed by atoms with Gasteiger partial charge in [0.25, 0.3) is 5.91 Å². The lowest BCUT2D eigenvalue weighted by Crippen LogP contribution is -2.29. The minimum Gasteiger partial charge on any atom is -0.334 e. The van der Waals surface area contributed by atoms with Crippen molar-refractivity contribution in [1.82, 2.24) is 24.4 Å². The van der Waals surface area contributed by atoms with Gasteiger partial charge in [0.15, 0.2) is 5.82 Å². The Balaban J connectivity index is 1.84. The summed E-state index contributed by atoms with van der Waals surface area (Å²) < 4.78 is 29.1. The number of hydrogen-bond donors (Lipinski definition) is 1. The van der Waals surface area contributed by atoms with E-state index >= 15 is 0 Å². The molecule has 1 saturated carbocycles. The number of carbonyl (C=O) groups is 1. The molecule has 0 spiro atoms. The quantitative estimate of drug-likeness (QED) is 0.820. The van der Waals surface area contributed by atoms with Crippen LogP contribution in [0.5, 0.6) is 0 Å². The van der Waals surface area contributed by atoms with Crippen LogP contribution < -0.4 is 4.72 Å². The molecule has 0 radical (unpaired) electrons. The van der Waals surface area contributed by atoms with E-state index in [0.717, 1.165) is 18.4 Å². The number of rotatable bonds is 6. The van der Waals surface area contributed by atoms with E-state index in [1.54, 1.807) is 38.0 Å². The topological polar surface area (TPSA) is 97.2 Å². The first-order chi connectivity index (χ1) is 11.8. The van der Waals surface area contributed by atoms with Crippen molar-refractivity contribution < 1.29 is 13.2 Å². The zero-order valence-electron chi connectivity index (χ0n) is 14.4. The molecule has 1 aromatic carbocycles. The van der Waals surface area contributed by atoms with E-state index < -0.39 is 10.0 Å². The highest BCUT2D eigenvalue weighted by Gasteiger charge is 2.29. The molecule has 1 aliphatic rings. The number of nitrogens with zero attached hydrogens (tertiary/aromatic N) is 4. The highest BCUT2D eigenvalue weighted by atomic mass is 32.2. The van der Waals surface area contributed by atoms with Crippen LogP contribution in [0.15, 0.2) is 29.4 Å². The fraction of sp³-hybridized carbons (Fsp3) is 0.438. The summed E-state index contributed by atoms with van der Waals surface area (Å²) in [7, 11) is -0.145. The van der Waals surface area contributed by atoms with Crippen molar-refractivity contribution in [2.75, 3.05) is 7.05 Å². The van der Waals surface area contributed by atoms with Gasteiger partial charge in [-0.25, -0.2) is 13.1 Å². The molecule has 1 aromatic heterocycles. The van der Waals surface area contributed by atoms with E-state index in [0.29, 0.717) is 11.4 Å². The number of carbonyl (C=O) groups excluding carboxylic acids is 1. The van der Waals surface area contributed by atoms with E-state index in [1.165, 1.54) is 17.0 Å². The Labute approximate surface area is 146 Å². The fourth-order valence-corrected chi connectivity index (χ4v) is 3.76. The molecule has 1 N–H and O–H groups in total. The zero-order valence-corrected chi connectivity index (χ0v) is 15.2. The highest BCUT2D eigenvalue weighted by Crippen LogP contribution is 2.23. The SMILES string of the molecule is Cc1ccc(S(=O)(=O)NC2CC2)cc1C(=O)N(C)Cc1nncn1C. The molecule has 0 atom stereocenters. The van der Waals surface area contributed by atoms with Crippen LogP contribution in [0.25, 0.3) is 0 Å². The van der Waals surface area contributed by atoms with E-state index in [2.05, 4.69) is 14.9 Å². The molecule has 0 unspecified atom stereocenters. The Hall–Kier alpha value is -2.26. The van der Waals surface area contributed by atoms with Gasteiger partial charge in [-0.15, -0.1) is 10.2 Å². The second kappa shape index (κ2) is 6.57. The maximum Gasteiger partial charge on any atom is 0.254 e. The smallest absolute Gasteiger partial charge is 0.254 e. The molecular formula is C16H21N5O3S. The number of aryl methyl sites for hydroxylation is 2. The van der Waals surface area contributed by atoms with Gasteiger partial charge in [0.05, 0.1) is 11.4 Å². The molecule has 9 heteroatoms. The minimum absolute atomic E-state index is 0.0176. The predicted octanol–water partition coefficient (Wildman–Crippen LogP) is 0.836. The Morgan fingerprint density at radius 1 is 1.40 bits per heavy atom. The minimum atomic E-state index is -3.60. The normalized spacial score (nSPS) is 14.5. The largest absolute Gasteiger partial charge is 0.334 e. The average molecular weight is 363 g/mol. The van der Waals surface area contributed by atoms with Gasteiger partial charge in [0.1, 0.15) is 6.33 Å². The van der Waals surface area contributed by atoms with Crippen LogP contribution in [0.4, 0.5) is 0 Å². The second-order valence-corrected chi connectivity index (χ2v) is 8.11. The monoisotopic (exact) mass is 363 g/mol. The van der Waals surface area contributed by atoms with Gasteiger partial charge in [-0.1, -0.05) is 6.07 Å². The standard InChI is InChI=1S/C16H21N5O3S/c1-11-4-7-13(25(23,24)19-12-5-6-12)8-14(11)16(22)20(2)9-15-18-17-10-21(15)3/h4,7-8,10,12,19H,5-6,9H2,1-3H3. The molecule has 0 aliphatic heterocycles. The van der Waals surface area contributed by atoms with Crippen LogP contribution in [0.1, 0.15) is 34.6 Å². The summed E-state index contributed by atoms with van der Waals surface area (Å²) >= 11 is 0. The first-order valence-electron chi connectivity index (χ1n) is 7.99. The third-order valence-corrected chi connectivity index (χ3v) is 5.70. The Morgan fingerprint density at radius 2 is 2.12 bits per heavy atom. The van der Waals surface area contributed by atoms with Crippen molar-refractivity contribution in [1.29, 1.82) is 0 Å². The number of nitrogens with one attached hydrogen (secondary N) is 1. The molecule has 0 saturated heterocycles. The number of sulfonamides is 1. The molecule has 3 rings (SSSR count). The maximum absolute atomic E-state index is 12.8. The molecule has 134 valence electrons. The third kappa shape index (κ3) is 3.88. The van der Waals surface area contributed by atoms with Gasteiger partial charge in [-0.3, -0.25) is 4.79 Å². The summed E-state index contributed by atoms with van der Waals surface area (Å²) in [6.45, 7) is 2.07. The zero-order chi connectivity index (χ0) is 18.2. The van der Waals surface area contributed by atoms with Crippen LogP contribution in [-0.2, 0) is 23.6 Å². The highest BCUT2D eigenvalue weighted by molar-refractivity contribution is 7.89. The summed E-state index contributed by atoms with van der Waals surface area (Å²) in [5.74, 6) is 0.386. The second-order valence-electron chi connectivity index (χ2n) is 6.39. The van der Waals surface area contributed by atoms with Gasteiger partial charge < -0.3 is 9.47 Å². The molecule has 0 bridgehead atoms. The van der Waals surface area contributed by atoms with Crippen molar-refractivity contribution in [3.8, 4) is 0 Å². The van der Waals surface area contributed by atoms with Crippen LogP contribution in [0.2, 0.25) is 0 Å². The lowest BCUT2D eigenvalue weighted by Gasteiger charge is -2.18. The summed E-state index contributed by atoms with van der Waals surface area (Å²) in [6.07, 6.45) is 3.28. The molecule has 1 heterocycles. The summed E-state index contributed by atoms with van der Waals surface area (Å²) in [5.41, 5.74) is 1.09. The molecule has 1 fully saturated rings. The van der Waals surface area contributed by atoms with Gasteiger partial charge >= 0.3 is 0 Å². The van der Waals surface area contributed by atoms with Crippen molar-refractivity contribution in [3.63, 3.8) is 0 Å². The first-order valence-corrected chi connectivity index (χ1v) is 9.47. The van der Waals surface area contributed by atoms with Crippen molar-refractivity contribution >= 4 is 15.9 Å². The van der Waals surface area contributed by atoms with Crippen molar-refractivity contribution in [2.24, 2.45) is 7.05 Å². The number of amides is 1. The Kier molecular flexibility index (Phi) is 4.61. The number of hydrogen-bond acceptors (Lipinski definition) is 5. The van der Waals surface area contributed by atoms with Crippen LogP contribution >= 0.6 is 0 Å². The van der Waals surface area contributed by atoms with Crippen molar-refractivity contribution in [3.05, 3.63) is 41.5 Å². The molecule has 8 nitrogen and oxygen atoms in total. The van der Waals surface area contributed by atoms with E-state index in [-0.39, 0.29) is 23.4 Å². The maximum atomic E-state index is 12.8. The summed E-state index contributed by atoms with van der Waals surface area (Å²) in [5, 5.41) is 7.76. The first kappa shape index (κ1) is 17.6. The summed E-state index contributed by atoms with van der Waals surface area (Å²) in [6, 6.07) is 4.64. The van der Waals surface area contributed by atoms with E-state index in [9.17, 15) is 13.2 Å². The lowest BCUT2D eigenvalue weighted by atomic mass is 10.1. The molecule has 1 amide bonds. The lowest BCUT2D eigenvalue weighted by molar-refractivity contribution is 0.0779. The summed E-state index contributed by atoms with van der Waals surface area (Å²) in [4.78, 5) is 14.4. The van der Waals surface area contributed by atoms with E-state index in [4.69, 9.17) is 0 Å². The average Bonchev–Trinajstić information content (AvgIpc) is 3.27. The molecular weight excluding hydrogens is 342 g/mol. The van der Waals surface area contributed by atoms with Crippen LogP contribution in [0, 0.1) is 6.92 Å². The van der Waals surface area contributed by atoms with Gasteiger partial charge in [-0.05, 0) is 37.5 Å². The number of aromatic nitrogens is 3. The third-order valence-electron chi connectivity index (χ3n) is 4.18.